The summed E-state index contributed by atoms with van der Waals surface area (Å²) in [7, 11) is 0. The Morgan fingerprint density at radius 3 is 1.27 bits per heavy atom. The normalized spacial score (nSPS) is 13.4. The molecular formula is C66H65N7O12. The van der Waals surface area contributed by atoms with Crippen molar-refractivity contribution in [3.05, 3.63) is 239 Å². The molecule has 0 aliphatic heterocycles. The number of aliphatic carboxylic acids is 2. The Morgan fingerprint density at radius 2 is 0.824 bits per heavy atom. The van der Waals surface area contributed by atoms with Crippen LogP contribution in [0.3, 0.4) is 0 Å². The summed E-state index contributed by atoms with van der Waals surface area (Å²) in [6, 6.07) is 51.7. The minimum atomic E-state index is -1.82. The van der Waals surface area contributed by atoms with Crippen molar-refractivity contribution in [1.82, 2.24) is 31.9 Å². The van der Waals surface area contributed by atoms with E-state index in [-0.39, 0.29) is 25.4 Å². The van der Waals surface area contributed by atoms with Gasteiger partial charge in [-0.05, 0) is 62.9 Å². The number of carbonyl (C=O) groups is 9. The van der Waals surface area contributed by atoms with Crippen molar-refractivity contribution < 1.29 is 58.1 Å². The first-order valence-corrected chi connectivity index (χ1v) is 27.7. The lowest BCUT2D eigenvalue weighted by molar-refractivity contribution is -0.143. The molecule has 0 radical (unpaired) electrons. The van der Waals surface area contributed by atoms with E-state index >= 15 is 0 Å². The van der Waals surface area contributed by atoms with Gasteiger partial charge in [-0.25, -0.2) is 9.59 Å². The highest BCUT2D eigenvalue weighted by Crippen LogP contribution is 2.44. The molecule has 0 unspecified atom stereocenters. The fourth-order valence-corrected chi connectivity index (χ4v) is 10.5. The Kier molecular flexibility index (Phi) is 20.7. The van der Waals surface area contributed by atoms with Gasteiger partial charge >= 0.3 is 18.0 Å². The molecule has 19 heteroatoms. The highest BCUT2D eigenvalue weighted by Gasteiger charge is 2.39. The Balaban J connectivity index is 1.06. The third kappa shape index (κ3) is 16.0. The molecule has 10 N–H and O–H groups in total. The van der Waals surface area contributed by atoms with Crippen LogP contribution in [0, 0.1) is 0 Å². The van der Waals surface area contributed by atoms with Gasteiger partial charge in [0, 0.05) is 31.6 Å². The molecule has 0 fully saturated rings. The van der Waals surface area contributed by atoms with Gasteiger partial charge in [0.2, 0.25) is 35.4 Å². The Bertz CT molecular complexity index is 3340. The van der Waals surface area contributed by atoms with Crippen LogP contribution in [0.1, 0.15) is 77.0 Å². The third-order valence-corrected chi connectivity index (χ3v) is 14.7. The molecule has 436 valence electrons. The number of benzene rings is 7. The van der Waals surface area contributed by atoms with Crippen LogP contribution >= 0.6 is 0 Å². The van der Waals surface area contributed by atoms with Crippen molar-refractivity contribution in [3.8, 4) is 11.1 Å². The van der Waals surface area contributed by atoms with Crippen LogP contribution in [0.15, 0.2) is 200 Å². The van der Waals surface area contributed by atoms with Crippen LogP contribution in [0.4, 0.5) is 4.79 Å². The number of rotatable bonds is 28. The van der Waals surface area contributed by atoms with E-state index in [9.17, 15) is 53.4 Å². The van der Waals surface area contributed by atoms with E-state index in [4.69, 9.17) is 10.5 Å². The Hall–Kier alpha value is -10.4. The van der Waals surface area contributed by atoms with Gasteiger partial charge in [0.15, 0.2) is 0 Å². The zero-order chi connectivity index (χ0) is 60.3. The number of amides is 7. The topological polar surface area (TPSA) is 302 Å². The van der Waals surface area contributed by atoms with Gasteiger partial charge in [0.05, 0.1) is 6.42 Å². The standard InChI is InChI=1S/C66H65N7O12/c67-57(74)40-55(70-62(80)54(38-42-20-6-1-7-21-42)72-65(84)85-41-51-49-32-18-16-30-47(49)48-31-17-19-33-50(48)51)63(81)69-52(60(78)68-53(35-37-59(76)77)61(79)71-56(64(82)83)39-43-22-8-2-9-23-43)34-36-58(75)73-66(44-24-10-3-11-25-44,45-26-12-4-13-27-45)46-28-14-5-15-29-46/h1-33,51-56H,34-41H2,(H2,67,74)(H,68,78)(H,69,81)(H,70,80)(H,71,79)(H,72,84)(H,73,75)(H,76,77)(H,82,83)/t52-,53-,54-,55-,56-/m0/s1. The summed E-state index contributed by atoms with van der Waals surface area (Å²) in [5.41, 5.74) is 11.4. The second-order valence-electron chi connectivity index (χ2n) is 20.5. The van der Waals surface area contributed by atoms with Crippen molar-refractivity contribution in [1.29, 1.82) is 0 Å². The van der Waals surface area contributed by atoms with Gasteiger partial charge in [-0.15, -0.1) is 0 Å². The maximum Gasteiger partial charge on any atom is 0.407 e. The Morgan fingerprint density at radius 1 is 0.447 bits per heavy atom. The number of ether oxygens (including phenoxy) is 1. The first kappa shape index (κ1) is 60.7. The number of hydrogen-bond acceptors (Lipinski definition) is 10. The number of fused-ring (bicyclic) bond motifs is 3. The lowest BCUT2D eigenvalue weighted by Gasteiger charge is -2.37. The lowest BCUT2D eigenvalue weighted by atomic mass is 9.77. The molecule has 0 saturated carbocycles. The van der Waals surface area contributed by atoms with Gasteiger partial charge in [-0.3, -0.25) is 33.6 Å². The summed E-state index contributed by atoms with van der Waals surface area (Å²) in [6.07, 6.45) is -4.30. The number of carboxylic acid groups (broad SMARTS) is 2. The highest BCUT2D eigenvalue weighted by atomic mass is 16.5. The smallest absolute Gasteiger partial charge is 0.407 e. The summed E-state index contributed by atoms with van der Waals surface area (Å²) in [4.78, 5) is 124. The molecular weight excluding hydrogens is 1080 g/mol. The zero-order valence-electron chi connectivity index (χ0n) is 46.2. The van der Waals surface area contributed by atoms with E-state index in [1.165, 1.54) is 0 Å². The molecule has 0 bridgehead atoms. The number of hydrogen-bond donors (Lipinski definition) is 9. The molecule has 19 nitrogen and oxygen atoms in total. The fraction of sp³-hybridized carbons (Fsp3) is 0.227. The molecule has 7 amide bonds. The maximum atomic E-state index is 14.8. The van der Waals surface area contributed by atoms with Gasteiger partial charge in [0.25, 0.3) is 0 Å². The molecule has 8 rings (SSSR count). The average molecular weight is 1150 g/mol. The van der Waals surface area contributed by atoms with E-state index in [0.29, 0.717) is 27.8 Å². The highest BCUT2D eigenvalue weighted by molar-refractivity contribution is 5.98. The summed E-state index contributed by atoms with van der Waals surface area (Å²) in [5.74, 6) is -9.06. The molecule has 5 atom stereocenters. The molecule has 0 saturated heterocycles. The van der Waals surface area contributed by atoms with Gasteiger partial charge in [0.1, 0.15) is 42.4 Å². The summed E-state index contributed by atoms with van der Waals surface area (Å²) in [5, 5.41) is 35.6. The number of carboxylic acids is 2. The second-order valence-corrected chi connectivity index (χ2v) is 20.5. The number of primary amides is 1. The summed E-state index contributed by atoms with van der Waals surface area (Å²) < 4.78 is 5.79. The zero-order valence-corrected chi connectivity index (χ0v) is 46.2. The van der Waals surface area contributed by atoms with E-state index in [1.807, 2.05) is 140 Å². The van der Waals surface area contributed by atoms with Crippen molar-refractivity contribution in [3.63, 3.8) is 0 Å². The monoisotopic (exact) mass is 1150 g/mol. The first-order chi connectivity index (χ1) is 41.1. The number of carbonyl (C=O) groups excluding carboxylic acids is 7. The van der Waals surface area contributed by atoms with Gasteiger partial charge in [-0.1, -0.05) is 200 Å². The third-order valence-electron chi connectivity index (χ3n) is 14.7. The van der Waals surface area contributed by atoms with Crippen molar-refractivity contribution in [2.45, 2.75) is 86.6 Å². The SMILES string of the molecule is NC(=O)C[C@H](NC(=O)[C@H](Cc1ccccc1)NC(=O)OCC1c2ccccc2-c2ccccc21)C(=O)N[C@@H](CCC(=O)NC(c1ccccc1)(c1ccccc1)c1ccccc1)C(=O)N[C@@H](CCC(=O)O)C(=O)N[C@@H](Cc1ccccc1)C(=O)O. The minimum Gasteiger partial charge on any atom is -0.481 e. The van der Waals surface area contributed by atoms with E-state index in [2.05, 4.69) is 31.9 Å². The van der Waals surface area contributed by atoms with Crippen LogP contribution in [0.25, 0.3) is 11.1 Å². The molecule has 0 aromatic heterocycles. The van der Waals surface area contributed by atoms with E-state index in [1.54, 1.807) is 60.7 Å². The summed E-state index contributed by atoms with van der Waals surface area (Å²) >= 11 is 0. The van der Waals surface area contributed by atoms with Crippen LogP contribution in [-0.2, 0) is 61.5 Å². The average Bonchev–Trinajstić information content (AvgIpc) is 2.76. The number of nitrogens with one attached hydrogen (secondary N) is 6. The van der Waals surface area contributed by atoms with E-state index < -0.39 is 121 Å². The predicted octanol–water partition coefficient (Wildman–Crippen LogP) is 6.03. The lowest BCUT2D eigenvalue weighted by Crippen LogP contribution is -2.59. The van der Waals surface area contributed by atoms with Crippen LogP contribution in [0.5, 0.6) is 0 Å². The van der Waals surface area contributed by atoms with Crippen molar-refractivity contribution in [2.24, 2.45) is 5.73 Å². The Labute approximate surface area is 490 Å². The molecule has 7 aromatic rings. The quantitative estimate of drug-likeness (QED) is 0.0254. The molecule has 7 aromatic carbocycles. The second kappa shape index (κ2) is 29.0. The summed E-state index contributed by atoms with van der Waals surface area (Å²) in [6.45, 7) is -0.0912. The van der Waals surface area contributed by atoms with Gasteiger partial charge in [-0.2, -0.15) is 0 Å². The van der Waals surface area contributed by atoms with Crippen LogP contribution < -0.4 is 37.6 Å². The number of alkyl carbamates (subject to hydrolysis) is 1. The van der Waals surface area contributed by atoms with Crippen molar-refractivity contribution in [2.75, 3.05) is 6.61 Å². The molecule has 1 aliphatic rings. The van der Waals surface area contributed by atoms with Crippen LogP contribution in [0.2, 0.25) is 0 Å². The van der Waals surface area contributed by atoms with E-state index in [0.717, 1.165) is 22.3 Å². The molecule has 85 heavy (non-hydrogen) atoms. The predicted molar refractivity (Wildman–Crippen MR) is 315 cm³/mol. The number of nitrogens with two attached hydrogens (primary N) is 1. The fourth-order valence-electron chi connectivity index (χ4n) is 10.5. The van der Waals surface area contributed by atoms with Gasteiger partial charge < -0.3 is 52.6 Å². The first-order valence-electron chi connectivity index (χ1n) is 27.7. The molecule has 0 heterocycles. The largest absolute Gasteiger partial charge is 0.481 e. The molecule has 1 aliphatic carbocycles. The molecule has 0 spiro atoms. The van der Waals surface area contributed by atoms with Crippen molar-refractivity contribution >= 4 is 53.5 Å². The minimum absolute atomic E-state index is 0.0912. The van der Waals surface area contributed by atoms with Crippen LogP contribution in [-0.4, -0.2) is 101 Å². The maximum absolute atomic E-state index is 14.8.